The van der Waals surface area contributed by atoms with Gasteiger partial charge in [-0.15, -0.1) is 18.3 Å². The Bertz CT molecular complexity index is 1540. The number of pyridine rings is 2. The molecular formula is C23H15F3N4O2. The zero-order chi connectivity index (χ0) is 22.5. The Hall–Kier alpha value is -4.14. The highest BCUT2D eigenvalue weighted by atomic mass is 19.4. The number of para-hydroxylation sites is 1. The first-order valence-electron chi connectivity index (χ1n) is 9.63. The number of aromatic nitrogens is 4. The van der Waals surface area contributed by atoms with Crippen molar-refractivity contribution in [2.24, 2.45) is 0 Å². The van der Waals surface area contributed by atoms with Crippen molar-refractivity contribution < 1.29 is 17.9 Å². The molecule has 0 bridgehead atoms. The Labute approximate surface area is 178 Å². The minimum absolute atomic E-state index is 0.102. The predicted octanol–water partition coefficient (Wildman–Crippen LogP) is 5.11. The maximum Gasteiger partial charge on any atom is 0.573 e. The summed E-state index contributed by atoms with van der Waals surface area (Å²) in [6, 6.07) is 16.3. The van der Waals surface area contributed by atoms with Crippen LogP contribution in [0.1, 0.15) is 5.56 Å². The number of ether oxygens (including phenoxy) is 1. The molecule has 5 rings (SSSR count). The molecule has 0 spiro atoms. The zero-order valence-corrected chi connectivity index (χ0v) is 16.6. The van der Waals surface area contributed by atoms with Crippen LogP contribution in [0.15, 0.2) is 71.7 Å². The smallest absolute Gasteiger partial charge is 0.406 e. The van der Waals surface area contributed by atoms with Gasteiger partial charge < -0.3 is 9.72 Å². The van der Waals surface area contributed by atoms with Crippen LogP contribution in [-0.4, -0.2) is 25.9 Å². The molecule has 0 saturated heterocycles. The van der Waals surface area contributed by atoms with E-state index in [0.717, 1.165) is 0 Å². The Balaban J connectivity index is 1.58. The number of fused-ring (bicyclic) bond motifs is 2. The maximum absolute atomic E-state index is 12.7. The lowest BCUT2D eigenvalue weighted by atomic mass is 10.1. The van der Waals surface area contributed by atoms with Gasteiger partial charge in [-0.25, -0.2) is 9.50 Å². The molecule has 5 aromatic rings. The van der Waals surface area contributed by atoms with Crippen LogP contribution in [0.2, 0.25) is 0 Å². The highest BCUT2D eigenvalue weighted by Gasteiger charge is 2.31. The second-order valence-electron chi connectivity index (χ2n) is 7.23. The van der Waals surface area contributed by atoms with Gasteiger partial charge in [0.2, 0.25) is 0 Å². The number of halogens is 3. The third-order valence-electron chi connectivity index (χ3n) is 5.11. The molecular weight excluding hydrogens is 421 g/mol. The standard InChI is InChI=1S/C23H15F3N4O2/c1-13-20(27-18-8-3-2-7-17(18)21(13)31)22-28-19-12-15(9-10-30(19)29-22)14-5-4-6-16(11-14)32-23(24,25)26/h2-12H,1H3,(H,27,31). The highest BCUT2D eigenvalue weighted by molar-refractivity contribution is 5.82. The van der Waals surface area contributed by atoms with Crippen molar-refractivity contribution in [1.82, 2.24) is 19.6 Å². The van der Waals surface area contributed by atoms with Gasteiger partial charge in [0.15, 0.2) is 16.9 Å². The summed E-state index contributed by atoms with van der Waals surface area (Å²) in [5.41, 5.74) is 3.25. The van der Waals surface area contributed by atoms with E-state index in [1.54, 1.807) is 48.0 Å². The van der Waals surface area contributed by atoms with Crippen LogP contribution in [0.3, 0.4) is 0 Å². The summed E-state index contributed by atoms with van der Waals surface area (Å²) < 4.78 is 43.2. The molecule has 32 heavy (non-hydrogen) atoms. The van der Waals surface area contributed by atoms with Crippen LogP contribution >= 0.6 is 0 Å². The summed E-state index contributed by atoms with van der Waals surface area (Å²) in [4.78, 5) is 20.5. The Morgan fingerprint density at radius 1 is 1.00 bits per heavy atom. The van der Waals surface area contributed by atoms with Crippen molar-refractivity contribution in [3.63, 3.8) is 0 Å². The fraction of sp³-hybridized carbons (Fsp3) is 0.0870. The van der Waals surface area contributed by atoms with Gasteiger partial charge in [0.1, 0.15) is 5.75 Å². The third-order valence-corrected chi connectivity index (χ3v) is 5.11. The molecule has 0 amide bonds. The molecule has 0 aliphatic carbocycles. The molecule has 0 unspecified atom stereocenters. The van der Waals surface area contributed by atoms with Crippen LogP contribution in [0, 0.1) is 6.92 Å². The first kappa shape index (κ1) is 19.8. The van der Waals surface area contributed by atoms with E-state index in [4.69, 9.17) is 0 Å². The van der Waals surface area contributed by atoms with Gasteiger partial charge in [-0.3, -0.25) is 4.79 Å². The lowest BCUT2D eigenvalue weighted by molar-refractivity contribution is -0.274. The van der Waals surface area contributed by atoms with Gasteiger partial charge in [-0.05, 0) is 54.4 Å². The van der Waals surface area contributed by atoms with Gasteiger partial charge in [-0.1, -0.05) is 24.3 Å². The Kier molecular flexibility index (Phi) is 4.47. The third kappa shape index (κ3) is 3.58. The normalized spacial score (nSPS) is 11.9. The molecule has 2 aromatic carbocycles. The highest BCUT2D eigenvalue weighted by Crippen LogP contribution is 2.29. The number of rotatable bonds is 3. The SMILES string of the molecule is Cc1c(-c2nc3cc(-c4cccc(OC(F)(F)F)c4)ccn3n2)[nH]c2ccccc2c1=O. The summed E-state index contributed by atoms with van der Waals surface area (Å²) in [5.74, 6) is 0.0399. The number of hydrogen-bond acceptors (Lipinski definition) is 4. The molecule has 0 atom stereocenters. The van der Waals surface area contributed by atoms with Crippen LogP contribution in [-0.2, 0) is 0 Å². The van der Waals surface area contributed by atoms with Crippen LogP contribution in [0.4, 0.5) is 13.2 Å². The minimum atomic E-state index is -4.76. The van der Waals surface area contributed by atoms with Crippen LogP contribution in [0.25, 0.3) is 39.2 Å². The second-order valence-corrected chi connectivity index (χ2v) is 7.23. The minimum Gasteiger partial charge on any atom is -0.406 e. The summed E-state index contributed by atoms with van der Waals surface area (Å²) in [5, 5.41) is 5.04. The van der Waals surface area contributed by atoms with Crippen molar-refractivity contribution in [2.75, 3.05) is 0 Å². The van der Waals surface area contributed by atoms with Gasteiger partial charge >= 0.3 is 6.36 Å². The van der Waals surface area contributed by atoms with Crippen molar-refractivity contribution in [3.8, 4) is 28.4 Å². The number of nitrogens with one attached hydrogen (secondary N) is 1. The molecule has 6 nitrogen and oxygen atoms in total. The number of hydrogen-bond donors (Lipinski definition) is 1. The Morgan fingerprint density at radius 2 is 1.78 bits per heavy atom. The molecule has 0 aliphatic heterocycles. The average molecular weight is 436 g/mol. The topological polar surface area (TPSA) is 72.3 Å². The van der Waals surface area contributed by atoms with E-state index in [-0.39, 0.29) is 11.2 Å². The number of nitrogens with zero attached hydrogens (tertiary/aromatic N) is 3. The van der Waals surface area contributed by atoms with Gasteiger partial charge in [0.05, 0.1) is 5.69 Å². The van der Waals surface area contributed by atoms with E-state index < -0.39 is 6.36 Å². The fourth-order valence-electron chi connectivity index (χ4n) is 3.60. The van der Waals surface area contributed by atoms with Crippen LogP contribution in [0.5, 0.6) is 5.75 Å². The van der Waals surface area contributed by atoms with Crippen molar-refractivity contribution in [1.29, 1.82) is 0 Å². The van der Waals surface area contributed by atoms with Crippen molar-refractivity contribution >= 4 is 16.6 Å². The summed E-state index contributed by atoms with van der Waals surface area (Å²) in [7, 11) is 0. The van der Waals surface area contributed by atoms with Gasteiger partial charge in [0.25, 0.3) is 0 Å². The molecule has 0 radical (unpaired) electrons. The van der Waals surface area contributed by atoms with E-state index in [0.29, 0.717) is 44.8 Å². The van der Waals surface area contributed by atoms with Crippen LogP contribution < -0.4 is 10.2 Å². The predicted molar refractivity (Wildman–Crippen MR) is 113 cm³/mol. The molecule has 1 N–H and O–H groups in total. The number of alkyl halides is 3. The van der Waals surface area contributed by atoms with E-state index in [2.05, 4.69) is 19.8 Å². The number of benzene rings is 2. The lowest BCUT2D eigenvalue weighted by Gasteiger charge is -2.10. The molecule has 3 aromatic heterocycles. The van der Waals surface area contributed by atoms with E-state index in [1.165, 1.54) is 18.2 Å². The molecule has 160 valence electrons. The molecule has 0 fully saturated rings. The largest absolute Gasteiger partial charge is 0.573 e. The maximum atomic E-state index is 12.7. The van der Waals surface area contributed by atoms with Gasteiger partial charge in [-0.2, -0.15) is 0 Å². The number of H-pyrrole nitrogens is 1. The van der Waals surface area contributed by atoms with E-state index >= 15 is 0 Å². The summed E-state index contributed by atoms with van der Waals surface area (Å²) in [6.07, 6.45) is -3.11. The Morgan fingerprint density at radius 3 is 2.59 bits per heavy atom. The van der Waals surface area contributed by atoms with Crippen molar-refractivity contribution in [3.05, 3.63) is 82.6 Å². The molecule has 9 heteroatoms. The lowest BCUT2D eigenvalue weighted by Crippen LogP contribution is -2.17. The zero-order valence-electron chi connectivity index (χ0n) is 16.6. The molecule has 3 heterocycles. The van der Waals surface area contributed by atoms with Gasteiger partial charge in [0, 0.05) is 22.7 Å². The van der Waals surface area contributed by atoms with Crippen molar-refractivity contribution in [2.45, 2.75) is 13.3 Å². The average Bonchev–Trinajstić information content (AvgIpc) is 3.18. The second kappa shape index (κ2) is 7.23. The first-order valence-corrected chi connectivity index (χ1v) is 9.63. The monoisotopic (exact) mass is 436 g/mol. The molecule has 0 aliphatic rings. The van der Waals surface area contributed by atoms with E-state index in [1.807, 2.05) is 12.1 Å². The number of aromatic amines is 1. The molecule has 0 saturated carbocycles. The van der Waals surface area contributed by atoms with E-state index in [9.17, 15) is 18.0 Å². The quantitative estimate of drug-likeness (QED) is 0.427. The summed E-state index contributed by atoms with van der Waals surface area (Å²) >= 11 is 0. The first-order chi connectivity index (χ1) is 15.3. The summed E-state index contributed by atoms with van der Waals surface area (Å²) in [6.45, 7) is 1.71. The fourth-order valence-corrected chi connectivity index (χ4v) is 3.60.